The van der Waals surface area contributed by atoms with Crippen LogP contribution in [0.3, 0.4) is 0 Å². The number of anilines is 3. The van der Waals surface area contributed by atoms with E-state index in [1.54, 1.807) is 0 Å². The predicted molar refractivity (Wildman–Crippen MR) is 248 cm³/mol. The quantitative estimate of drug-likeness (QED) is 0.178. The summed E-state index contributed by atoms with van der Waals surface area (Å²) in [7, 11) is 0. The summed E-state index contributed by atoms with van der Waals surface area (Å²) in [6, 6.07) is 70.7. The lowest BCUT2D eigenvalue weighted by molar-refractivity contribution is 0.669. The van der Waals surface area contributed by atoms with Crippen LogP contribution in [0.15, 0.2) is 199 Å². The smallest absolute Gasteiger partial charge is 0.159 e. The molecule has 0 unspecified atom stereocenters. The van der Waals surface area contributed by atoms with Crippen molar-refractivity contribution in [3.63, 3.8) is 0 Å². The summed E-state index contributed by atoms with van der Waals surface area (Å²) in [5, 5.41) is 12.3. The number of fused-ring (bicyclic) bond motifs is 11. The zero-order valence-electron chi connectivity index (χ0n) is 31.2. The molecule has 0 spiro atoms. The molecular formula is C54H32N2OS. The Bertz CT molecular complexity index is 3780. The van der Waals surface area contributed by atoms with Gasteiger partial charge in [-0.25, -0.2) is 0 Å². The second kappa shape index (κ2) is 12.1. The maximum atomic E-state index is 6.72. The van der Waals surface area contributed by atoms with Crippen molar-refractivity contribution < 1.29 is 4.42 Å². The van der Waals surface area contributed by atoms with E-state index < -0.39 is 0 Å². The lowest BCUT2D eigenvalue weighted by Gasteiger charge is -2.26. The standard InChI is InChI=1S/C54H32N2OS/c1-2-12-33(13-3-1)34-24-26-35(27-25-34)55(47-21-10-19-43-40-17-7-9-22-48(40)57-54(43)47)36-28-30-46-44(32-36)42-29-31-50-52-51-41(18-11-23-49(51)58-50)38-15-5-4-14-37(38)39-16-6-8-20-45(39)56(46)53(42)52/h1-32H. The first-order valence-electron chi connectivity index (χ1n) is 19.8. The Morgan fingerprint density at radius 2 is 1.03 bits per heavy atom. The third-order valence-corrected chi connectivity index (χ3v) is 13.3. The Labute approximate surface area is 336 Å². The van der Waals surface area contributed by atoms with E-state index in [4.69, 9.17) is 4.42 Å². The molecule has 9 aromatic carbocycles. The van der Waals surface area contributed by atoms with Crippen LogP contribution in [-0.4, -0.2) is 4.40 Å². The van der Waals surface area contributed by atoms with Crippen LogP contribution in [0.2, 0.25) is 0 Å². The highest BCUT2D eigenvalue weighted by Crippen LogP contribution is 2.48. The van der Waals surface area contributed by atoms with Gasteiger partial charge in [0, 0.05) is 58.5 Å². The monoisotopic (exact) mass is 756 g/mol. The second-order valence-corrected chi connectivity index (χ2v) is 16.3. The molecule has 0 aliphatic rings. The lowest BCUT2D eigenvalue weighted by atomic mass is 10.0. The number of nitrogens with zero attached hydrogens (tertiary/aromatic N) is 2. The average Bonchev–Trinajstić information content (AvgIpc) is 3.97. The fraction of sp³-hybridized carbons (Fsp3) is 0. The first kappa shape index (κ1) is 31.8. The topological polar surface area (TPSA) is 20.8 Å². The van der Waals surface area contributed by atoms with Crippen LogP contribution in [0, 0.1) is 0 Å². The molecule has 58 heavy (non-hydrogen) atoms. The van der Waals surface area contributed by atoms with Gasteiger partial charge < -0.3 is 13.7 Å². The molecule has 0 radical (unpaired) electrons. The van der Waals surface area contributed by atoms with Crippen molar-refractivity contribution in [2.24, 2.45) is 0 Å². The molecule has 0 saturated carbocycles. The largest absolute Gasteiger partial charge is 0.454 e. The van der Waals surface area contributed by atoms with Gasteiger partial charge in [0.1, 0.15) is 5.58 Å². The van der Waals surface area contributed by atoms with Crippen molar-refractivity contribution in [1.29, 1.82) is 0 Å². The van der Waals surface area contributed by atoms with Gasteiger partial charge in [0.2, 0.25) is 0 Å². The first-order valence-corrected chi connectivity index (χ1v) is 20.6. The summed E-state index contributed by atoms with van der Waals surface area (Å²) in [5.74, 6) is 0. The number of hydrogen-bond acceptors (Lipinski definition) is 3. The van der Waals surface area contributed by atoms with Gasteiger partial charge in [-0.3, -0.25) is 0 Å². The van der Waals surface area contributed by atoms with Gasteiger partial charge in [-0.1, -0.05) is 133 Å². The van der Waals surface area contributed by atoms with E-state index in [0.717, 1.165) is 39.0 Å². The Morgan fingerprint density at radius 1 is 0.397 bits per heavy atom. The van der Waals surface area contributed by atoms with Crippen LogP contribution in [0.5, 0.6) is 0 Å². The minimum Gasteiger partial charge on any atom is -0.454 e. The molecule has 0 bridgehead atoms. The van der Waals surface area contributed by atoms with Crippen molar-refractivity contribution >= 4 is 119 Å². The summed E-state index contributed by atoms with van der Waals surface area (Å²) in [4.78, 5) is 2.37. The van der Waals surface area contributed by atoms with Gasteiger partial charge in [0.05, 0.1) is 22.2 Å². The van der Waals surface area contributed by atoms with E-state index in [2.05, 4.69) is 197 Å². The van der Waals surface area contributed by atoms with Crippen molar-refractivity contribution in [3.8, 4) is 11.1 Å². The first-order chi connectivity index (χ1) is 28.8. The van der Waals surface area contributed by atoms with Crippen LogP contribution in [0.1, 0.15) is 0 Å². The minimum atomic E-state index is 0.868. The van der Waals surface area contributed by atoms with E-state index in [9.17, 15) is 0 Å². The number of furan rings is 1. The Hall–Kier alpha value is -7.40. The van der Waals surface area contributed by atoms with Gasteiger partial charge in [-0.2, -0.15) is 0 Å². The summed E-state index contributed by atoms with van der Waals surface area (Å²) in [5.41, 5.74) is 10.9. The molecule has 0 aliphatic carbocycles. The number of aromatic nitrogens is 1. The zero-order chi connectivity index (χ0) is 37.9. The Morgan fingerprint density at radius 3 is 1.90 bits per heavy atom. The molecule has 13 aromatic rings. The SMILES string of the molecule is c1ccc(-c2ccc(N(c3ccc4c(c3)c3ccc5sc6cccc7c8ccccc8c8ccccc8n4c3c5c67)c3cccc4c3oc3ccccc34)cc2)cc1. The van der Waals surface area contributed by atoms with Crippen LogP contribution in [0.4, 0.5) is 17.1 Å². The van der Waals surface area contributed by atoms with E-state index in [0.29, 0.717) is 0 Å². The van der Waals surface area contributed by atoms with Gasteiger partial charge in [0.25, 0.3) is 0 Å². The number of thiophene rings is 1. The van der Waals surface area contributed by atoms with Crippen molar-refractivity contribution in [3.05, 3.63) is 194 Å². The molecule has 4 heteroatoms. The summed E-state index contributed by atoms with van der Waals surface area (Å²) in [6.45, 7) is 0. The molecular weight excluding hydrogens is 725 g/mol. The molecule has 13 rings (SSSR count). The predicted octanol–water partition coefficient (Wildman–Crippen LogP) is 16.0. The molecule has 3 nitrogen and oxygen atoms in total. The highest BCUT2D eigenvalue weighted by molar-refractivity contribution is 7.26. The van der Waals surface area contributed by atoms with Crippen LogP contribution >= 0.6 is 11.3 Å². The van der Waals surface area contributed by atoms with Crippen molar-refractivity contribution in [1.82, 2.24) is 4.40 Å². The van der Waals surface area contributed by atoms with Crippen LogP contribution in [0.25, 0.3) is 102 Å². The van der Waals surface area contributed by atoms with Gasteiger partial charge in [0.15, 0.2) is 5.58 Å². The normalized spacial score (nSPS) is 12.1. The van der Waals surface area contributed by atoms with Crippen molar-refractivity contribution in [2.45, 2.75) is 0 Å². The summed E-state index contributed by atoms with van der Waals surface area (Å²) >= 11 is 1.89. The molecule has 0 N–H and O–H groups in total. The van der Waals surface area contributed by atoms with E-state index in [-0.39, 0.29) is 0 Å². The molecule has 4 heterocycles. The number of para-hydroxylation sites is 3. The molecule has 0 saturated heterocycles. The number of benzene rings is 9. The molecule has 270 valence electrons. The van der Waals surface area contributed by atoms with Crippen molar-refractivity contribution in [2.75, 3.05) is 4.90 Å². The number of rotatable bonds is 4. The van der Waals surface area contributed by atoms with Gasteiger partial charge >= 0.3 is 0 Å². The Balaban J connectivity index is 1.15. The van der Waals surface area contributed by atoms with Gasteiger partial charge in [-0.15, -0.1) is 11.3 Å². The molecule has 0 amide bonds. The minimum absolute atomic E-state index is 0.868. The third kappa shape index (κ3) is 4.43. The summed E-state index contributed by atoms with van der Waals surface area (Å²) < 4.78 is 11.9. The van der Waals surface area contributed by atoms with Gasteiger partial charge in [-0.05, 0) is 87.9 Å². The fourth-order valence-electron chi connectivity index (χ4n) is 9.63. The molecule has 4 aromatic heterocycles. The third-order valence-electron chi connectivity index (χ3n) is 12.1. The number of hydrogen-bond donors (Lipinski definition) is 0. The van der Waals surface area contributed by atoms with Crippen LogP contribution < -0.4 is 4.90 Å². The maximum absolute atomic E-state index is 6.72. The van der Waals surface area contributed by atoms with E-state index >= 15 is 0 Å². The lowest BCUT2D eigenvalue weighted by Crippen LogP contribution is -2.10. The fourth-order valence-corrected chi connectivity index (χ4v) is 10.8. The molecule has 0 aliphatic heterocycles. The van der Waals surface area contributed by atoms with E-state index in [1.807, 2.05) is 17.4 Å². The second-order valence-electron chi connectivity index (χ2n) is 15.2. The maximum Gasteiger partial charge on any atom is 0.159 e. The highest BCUT2D eigenvalue weighted by Gasteiger charge is 2.23. The van der Waals surface area contributed by atoms with E-state index in [1.165, 1.54) is 80.2 Å². The summed E-state index contributed by atoms with van der Waals surface area (Å²) in [6.07, 6.45) is 0. The molecule has 0 fully saturated rings. The Kier molecular flexibility index (Phi) is 6.60. The van der Waals surface area contributed by atoms with Crippen LogP contribution in [-0.2, 0) is 0 Å². The molecule has 0 atom stereocenters. The average molecular weight is 757 g/mol. The zero-order valence-corrected chi connectivity index (χ0v) is 32.0. The highest BCUT2D eigenvalue weighted by atomic mass is 32.1.